The molecule has 0 saturated heterocycles. The van der Waals surface area contributed by atoms with Crippen LogP contribution in [0.3, 0.4) is 0 Å². The molecule has 0 spiro atoms. The first-order valence-electron chi connectivity index (χ1n) is 3.71. The van der Waals surface area contributed by atoms with Gasteiger partial charge in [-0.3, -0.25) is 4.57 Å². The summed E-state index contributed by atoms with van der Waals surface area (Å²) >= 11 is 5.60. The van der Waals surface area contributed by atoms with Gasteiger partial charge in [-0.15, -0.1) is 0 Å². The summed E-state index contributed by atoms with van der Waals surface area (Å²) in [7, 11) is 0. The van der Waals surface area contributed by atoms with Crippen LogP contribution in [0.5, 0.6) is 0 Å². The molecule has 0 atom stereocenters. The Kier molecular flexibility index (Phi) is 3.41. The smallest absolute Gasteiger partial charge is 0.347 e. The number of rotatable bonds is 3. The second-order valence-electron chi connectivity index (χ2n) is 2.45. The highest BCUT2D eigenvalue weighted by Crippen LogP contribution is 2.00. The van der Waals surface area contributed by atoms with Crippen molar-refractivity contribution in [2.24, 2.45) is 0 Å². The molecule has 1 aromatic rings. The summed E-state index contributed by atoms with van der Waals surface area (Å²) in [4.78, 5) is 24.7. The van der Waals surface area contributed by atoms with Gasteiger partial charge in [-0.05, 0) is 0 Å². The summed E-state index contributed by atoms with van der Waals surface area (Å²) in [5, 5.41) is 8.63. The molecule has 0 bridgehead atoms. The summed E-state index contributed by atoms with van der Waals surface area (Å²) in [5.41, 5.74) is -0.468. The zero-order valence-electron chi connectivity index (χ0n) is 7.05. The maximum Gasteiger partial charge on any atom is 0.347 e. The van der Waals surface area contributed by atoms with Crippen molar-refractivity contribution in [1.82, 2.24) is 9.55 Å². The molecular weight excluding hydrogens is 208 g/mol. The molecule has 0 saturated carbocycles. The highest BCUT2D eigenvalue weighted by atomic mass is 35.5. The van der Waals surface area contributed by atoms with E-state index in [1.807, 2.05) is 0 Å². The first kappa shape index (κ1) is 10.5. The van der Waals surface area contributed by atoms with E-state index in [9.17, 15) is 9.59 Å². The van der Waals surface area contributed by atoms with Crippen molar-refractivity contribution in [2.45, 2.75) is 6.54 Å². The molecule has 0 aliphatic carbocycles. The lowest BCUT2D eigenvalue weighted by Gasteiger charge is -1.99. The Balaban J connectivity index is 2.81. The van der Waals surface area contributed by atoms with E-state index in [4.69, 9.17) is 16.7 Å². The average molecular weight is 215 g/mol. The lowest BCUT2D eigenvalue weighted by Crippen LogP contribution is -2.21. The lowest BCUT2D eigenvalue weighted by molar-refractivity contribution is -0.131. The quantitative estimate of drug-likeness (QED) is 0.746. The Bertz CT molecular complexity index is 425. The Morgan fingerprint density at radius 3 is 3.07 bits per heavy atom. The van der Waals surface area contributed by atoms with Gasteiger partial charge in [0.25, 0.3) is 0 Å². The Morgan fingerprint density at radius 2 is 2.43 bits per heavy atom. The van der Waals surface area contributed by atoms with E-state index in [0.29, 0.717) is 5.02 Å². The summed E-state index contributed by atoms with van der Waals surface area (Å²) in [6, 6.07) is 0. The van der Waals surface area contributed by atoms with Gasteiger partial charge in [0, 0.05) is 18.8 Å². The van der Waals surface area contributed by atoms with E-state index in [0.717, 1.165) is 6.08 Å². The lowest BCUT2D eigenvalue weighted by atomic mass is 10.5. The van der Waals surface area contributed by atoms with Crippen LogP contribution in [0.25, 0.3) is 0 Å². The van der Waals surface area contributed by atoms with Gasteiger partial charge in [-0.1, -0.05) is 17.7 Å². The number of hydrogen-bond acceptors (Lipinski definition) is 3. The van der Waals surface area contributed by atoms with E-state index in [-0.39, 0.29) is 6.54 Å². The minimum Gasteiger partial charge on any atom is -0.478 e. The van der Waals surface area contributed by atoms with E-state index < -0.39 is 11.7 Å². The van der Waals surface area contributed by atoms with Crippen molar-refractivity contribution in [3.8, 4) is 0 Å². The molecule has 1 N–H and O–H groups in total. The summed E-state index contributed by atoms with van der Waals surface area (Å²) in [6.45, 7) is 0.138. The van der Waals surface area contributed by atoms with E-state index >= 15 is 0 Å². The topological polar surface area (TPSA) is 72.2 Å². The average Bonchev–Trinajstić information content (AvgIpc) is 2.10. The van der Waals surface area contributed by atoms with Gasteiger partial charge < -0.3 is 5.11 Å². The highest BCUT2D eigenvalue weighted by molar-refractivity contribution is 6.30. The normalized spacial score (nSPS) is 10.6. The minimum absolute atomic E-state index is 0.138. The molecule has 74 valence electrons. The maximum absolute atomic E-state index is 11.1. The largest absolute Gasteiger partial charge is 0.478 e. The molecule has 0 aromatic carbocycles. The van der Waals surface area contributed by atoms with E-state index in [1.54, 1.807) is 0 Å². The molecule has 1 aromatic heterocycles. The molecule has 0 aliphatic rings. The molecule has 0 fully saturated rings. The van der Waals surface area contributed by atoms with Gasteiger partial charge in [0.05, 0.1) is 11.2 Å². The van der Waals surface area contributed by atoms with Crippen molar-refractivity contribution in [3.63, 3.8) is 0 Å². The number of carbonyl (C=O) groups is 1. The maximum atomic E-state index is 11.1. The Morgan fingerprint density at radius 1 is 1.71 bits per heavy atom. The van der Waals surface area contributed by atoms with Crippen LogP contribution in [-0.4, -0.2) is 20.6 Å². The molecule has 6 heteroatoms. The van der Waals surface area contributed by atoms with Crippen molar-refractivity contribution in [3.05, 3.63) is 40.1 Å². The number of nitrogens with zero attached hydrogens (tertiary/aromatic N) is 2. The van der Waals surface area contributed by atoms with Crippen LogP contribution in [0.2, 0.25) is 5.02 Å². The third kappa shape index (κ3) is 3.02. The number of halogens is 1. The fraction of sp³-hybridized carbons (Fsp3) is 0.125. The van der Waals surface area contributed by atoms with Crippen molar-refractivity contribution in [1.29, 1.82) is 0 Å². The van der Waals surface area contributed by atoms with Crippen LogP contribution in [0.4, 0.5) is 0 Å². The van der Waals surface area contributed by atoms with Gasteiger partial charge >= 0.3 is 11.7 Å². The second-order valence-corrected chi connectivity index (χ2v) is 2.88. The van der Waals surface area contributed by atoms with Crippen LogP contribution in [0.15, 0.2) is 29.3 Å². The van der Waals surface area contributed by atoms with Gasteiger partial charge in [-0.25, -0.2) is 14.6 Å². The number of carboxylic acids is 1. The van der Waals surface area contributed by atoms with Crippen LogP contribution >= 0.6 is 11.6 Å². The molecule has 5 nitrogen and oxygen atoms in total. The predicted octanol–water partition coefficient (Wildman–Crippen LogP) is 0.538. The number of carboxylic acid groups (broad SMARTS) is 1. The fourth-order valence-electron chi connectivity index (χ4n) is 0.826. The fourth-order valence-corrected chi connectivity index (χ4v) is 0.993. The Labute approximate surface area is 84.3 Å². The third-order valence-corrected chi connectivity index (χ3v) is 1.58. The highest BCUT2D eigenvalue weighted by Gasteiger charge is 1.95. The first-order valence-corrected chi connectivity index (χ1v) is 4.09. The van der Waals surface area contributed by atoms with Gasteiger partial charge in [0.2, 0.25) is 0 Å². The predicted molar refractivity (Wildman–Crippen MR) is 50.3 cm³/mol. The number of aromatic nitrogens is 2. The van der Waals surface area contributed by atoms with Crippen molar-refractivity contribution in [2.75, 3.05) is 0 Å². The van der Waals surface area contributed by atoms with Crippen LogP contribution in [-0.2, 0) is 11.3 Å². The third-order valence-electron chi connectivity index (χ3n) is 1.39. The van der Waals surface area contributed by atoms with Crippen LogP contribution in [0.1, 0.15) is 0 Å². The molecule has 14 heavy (non-hydrogen) atoms. The molecule has 1 heterocycles. The van der Waals surface area contributed by atoms with Crippen molar-refractivity contribution >= 4 is 17.6 Å². The Hall–Kier alpha value is -1.62. The first-order chi connectivity index (χ1) is 6.59. The van der Waals surface area contributed by atoms with Crippen LogP contribution < -0.4 is 5.69 Å². The van der Waals surface area contributed by atoms with Gasteiger partial charge in [0.1, 0.15) is 0 Å². The standard InChI is InChI=1S/C8H7ClN2O3/c9-6-4-10-8(14)11(5-6)3-1-2-7(12)13/h1-2,4-5H,3H2,(H,12,13)/b2-1+. The zero-order chi connectivity index (χ0) is 10.6. The monoisotopic (exact) mass is 214 g/mol. The van der Waals surface area contributed by atoms with Gasteiger partial charge in [-0.2, -0.15) is 0 Å². The SMILES string of the molecule is O=C(O)/C=C/Cn1cc(Cl)cnc1=O. The molecule has 1 rings (SSSR count). The second kappa shape index (κ2) is 4.57. The number of aliphatic carboxylic acids is 1. The van der Waals surface area contributed by atoms with Crippen molar-refractivity contribution < 1.29 is 9.90 Å². The number of hydrogen-bond donors (Lipinski definition) is 1. The molecule has 0 aliphatic heterocycles. The molecule has 0 amide bonds. The summed E-state index contributed by atoms with van der Waals surface area (Å²) in [6.07, 6.45) is 4.92. The molecular formula is C8H7ClN2O3. The van der Waals surface area contributed by atoms with E-state index in [1.165, 1.54) is 23.0 Å². The van der Waals surface area contributed by atoms with Gasteiger partial charge in [0.15, 0.2) is 0 Å². The van der Waals surface area contributed by atoms with Crippen LogP contribution in [0, 0.1) is 0 Å². The van der Waals surface area contributed by atoms with E-state index in [2.05, 4.69) is 4.98 Å². The minimum atomic E-state index is -1.06. The molecule has 0 unspecified atom stereocenters. The summed E-state index contributed by atoms with van der Waals surface area (Å²) in [5.74, 6) is -1.06. The summed E-state index contributed by atoms with van der Waals surface area (Å²) < 4.78 is 1.21. The number of allylic oxidation sites excluding steroid dienone is 1. The molecule has 0 radical (unpaired) electrons. The zero-order valence-corrected chi connectivity index (χ0v) is 7.81.